The fourth-order valence-corrected chi connectivity index (χ4v) is 0.931. The first-order chi connectivity index (χ1) is 6.65. The number of hydrogen-bond acceptors (Lipinski definition) is 2. The van der Waals surface area contributed by atoms with Gasteiger partial charge in [0.2, 0.25) is 0 Å². The Morgan fingerprint density at radius 1 is 1.43 bits per heavy atom. The SMILES string of the molecule is CC=O.CNC(=O)c1cccc(C)c1. The predicted molar refractivity (Wildman–Crippen MR) is 56.3 cm³/mol. The van der Waals surface area contributed by atoms with Crippen LogP contribution in [0.15, 0.2) is 24.3 Å². The summed E-state index contributed by atoms with van der Waals surface area (Å²) < 4.78 is 0. The summed E-state index contributed by atoms with van der Waals surface area (Å²) in [5.41, 5.74) is 1.82. The lowest BCUT2D eigenvalue weighted by Crippen LogP contribution is -2.17. The number of aldehydes is 1. The van der Waals surface area contributed by atoms with E-state index < -0.39 is 0 Å². The van der Waals surface area contributed by atoms with Crippen molar-refractivity contribution >= 4 is 12.2 Å². The minimum atomic E-state index is -0.0336. The Kier molecular flexibility index (Phi) is 6.03. The summed E-state index contributed by atoms with van der Waals surface area (Å²) in [7, 11) is 1.63. The standard InChI is InChI=1S/C9H11NO.C2H4O/c1-7-4-3-5-8(6-7)9(11)10-2;1-2-3/h3-6H,1-2H3,(H,10,11);2H,1H3. The topological polar surface area (TPSA) is 46.2 Å². The molecule has 0 spiro atoms. The van der Waals surface area contributed by atoms with Crippen LogP contribution in [-0.2, 0) is 4.79 Å². The van der Waals surface area contributed by atoms with E-state index in [1.807, 2.05) is 25.1 Å². The number of aryl methyl sites for hydroxylation is 1. The molecule has 0 aromatic heterocycles. The summed E-state index contributed by atoms with van der Waals surface area (Å²) in [6.45, 7) is 3.41. The van der Waals surface area contributed by atoms with Crippen LogP contribution >= 0.6 is 0 Å². The van der Waals surface area contributed by atoms with E-state index in [0.717, 1.165) is 11.8 Å². The van der Waals surface area contributed by atoms with Crippen LogP contribution in [-0.4, -0.2) is 19.2 Å². The highest BCUT2D eigenvalue weighted by Crippen LogP contribution is 2.02. The van der Waals surface area contributed by atoms with Gasteiger partial charge in [0.15, 0.2) is 0 Å². The highest BCUT2D eigenvalue weighted by Gasteiger charge is 2.00. The normalized spacial score (nSPS) is 8.21. The Morgan fingerprint density at radius 2 is 2.00 bits per heavy atom. The lowest BCUT2D eigenvalue weighted by atomic mass is 10.1. The third kappa shape index (κ3) is 4.40. The lowest BCUT2D eigenvalue weighted by Gasteiger charge is -1.99. The van der Waals surface area contributed by atoms with E-state index in [4.69, 9.17) is 4.79 Å². The van der Waals surface area contributed by atoms with Crippen LogP contribution in [0.3, 0.4) is 0 Å². The van der Waals surface area contributed by atoms with Crippen molar-refractivity contribution in [2.75, 3.05) is 7.05 Å². The molecule has 1 amide bonds. The van der Waals surface area contributed by atoms with Gasteiger partial charge in [-0.25, -0.2) is 0 Å². The van der Waals surface area contributed by atoms with Gasteiger partial charge in [0, 0.05) is 12.6 Å². The molecular weight excluding hydrogens is 178 g/mol. The molecule has 0 heterocycles. The smallest absolute Gasteiger partial charge is 0.251 e. The monoisotopic (exact) mass is 193 g/mol. The second-order valence-corrected chi connectivity index (χ2v) is 2.68. The Labute approximate surface area is 84.1 Å². The zero-order valence-corrected chi connectivity index (χ0v) is 8.70. The maximum atomic E-state index is 11.1. The van der Waals surface area contributed by atoms with Crippen LogP contribution in [0.2, 0.25) is 0 Å². The van der Waals surface area contributed by atoms with Crippen molar-refractivity contribution in [2.45, 2.75) is 13.8 Å². The molecule has 0 saturated carbocycles. The summed E-state index contributed by atoms with van der Waals surface area (Å²) in [5.74, 6) is -0.0336. The van der Waals surface area contributed by atoms with E-state index >= 15 is 0 Å². The third-order valence-electron chi connectivity index (χ3n) is 1.51. The Bertz CT molecular complexity index is 308. The van der Waals surface area contributed by atoms with Gasteiger partial charge in [-0.3, -0.25) is 4.79 Å². The first-order valence-corrected chi connectivity index (χ1v) is 4.34. The van der Waals surface area contributed by atoms with Gasteiger partial charge in [-0.2, -0.15) is 0 Å². The maximum Gasteiger partial charge on any atom is 0.251 e. The molecule has 0 fully saturated rings. The summed E-state index contributed by atoms with van der Waals surface area (Å²) in [5, 5.41) is 2.57. The van der Waals surface area contributed by atoms with Crippen molar-refractivity contribution in [3.05, 3.63) is 35.4 Å². The van der Waals surface area contributed by atoms with Crippen LogP contribution in [0.25, 0.3) is 0 Å². The van der Waals surface area contributed by atoms with Crippen LogP contribution < -0.4 is 5.32 Å². The van der Waals surface area contributed by atoms with Crippen LogP contribution in [0.1, 0.15) is 22.8 Å². The third-order valence-corrected chi connectivity index (χ3v) is 1.51. The van der Waals surface area contributed by atoms with Crippen LogP contribution in [0.4, 0.5) is 0 Å². The van der Waals surface area contributed by atoms with E-state index in [1.54, 1.807) is 13.1 Å². The molecule has 0 unspecified atom stereocenters. The highest BCUT2D eigenvalue weighted by atomic mass is 16.1. The minimum absolute atomic E-state index is 0.0336. The number of hydrogen-bond donors (Lipinski definition) is 1. The van der Waals surface area contributed by atoms with Gasteiger partial charge in [0.05, 0.1) is 0 Å². The number of benzene rings is 1. The first kappa shape index (κ1) is 12.4. The quantitative estimate of drug-likeness (QED) is 0.688. The molecule has 3 heteroatoms. The van der Waals surface area contributed by atoms with E-state index in [0.29, 0.717) is 5.56 Å². The molecule has 1 N–H and O–H groups in total. The van der Waals surface area contributed by atoms with Crippen molar-refractivity contribution in [1.29, 1.82) is 0 Å². The first-order valence-electron chi connectivity index (χ1n) is 4.34. The zero-order valence-electron chi connectivity index (χ0n) is 8.70. The van der Waals surface area contributed by atoms with E-state index in [-0.39, 0.29) is 5.91 Å². The molecular formula is C11H15NO2. The van der Waals surface area contributed by atoms with Crippen molar-refractivity contribution in [2.24, 2.45) is 0 Å². The molecule has 3 nitrogen and oxygen atoms in total. The fraction of sp³-hybridized carbons (Fsp3) is 0.273. The number of amides is 1. The molecule has 0 aliphatic heterocycles. The summed E-state index contributed by atoms with van der Waals surface area (Å²) in [4.78, 5) is 19.9. The molecule has 0 radical (unpaired) electrons. The van der Waals surface area contributed by atoms with E-state index in [1.165, 1.54) is 6.92 Å². The predicted octanol–water partition coefficient (Wildman–Crippen LogP) is 1.56. The van der Waals surface area contributed by atoms with Gasteiger partial charge in [0.1, 0.15) is 6.29 Å². The zero-order chi connectivity index (χ0) is 11.0. The largest absolute Gasteiger partial charge is 0.355 e. The van der Waals surface area contributed by atoms with E-state index in [9.17, 15) is 4.79 Å². The lowest BCUT2D eigenvalue weighted by molar-refractivity contribution is -0.106. The van der Waals surface area contributed by atoms with Gasteiger partial charge in [-0.15, -0.1) is 0 Å². The van der Waals surface area contributed by atoms with Crippen molar-refractivity contribution in [3.8, 4) is 0 Å². The van der Waals surface area contributed by atoms with Crippen molar-refractivity contribution < 1.29 is 9.59 Å². The molecule has 0 bridgehead atoms. The summed E-state index contributed by atoms with van der Waals surface area (Å²) >= 11 is 0. The summed E-state index contributed by atoms with van der Waals surface area (Å²) in [6.07, 6.45) is 0.750. The molecule has 0 saturated heterocycles. The number of carbonyl (C=O) groups excluding carboxylic acids is 2. The molecule has 0 atom stereocenters. The average Bonchev–Trinajstić information content (AvgIpc) is 2.18. The number of nitrogens with one attached hydrogen (secondary N) is 1. The Balaban J connectivity index is 0.000000500. The maximum absolute atomic E-state index is 11.1. The van der Waals surface area contributed by atoms with E-state index in [2.05, 4.69) is 5.32 Å². The van der Waals surface area contributed by atoms with Crippen molar-refractivity contribution in [1.82, 2.24) is 5.32 Å². The molecule has 0 aliphatic rings. The molecule has 1 rings (SSSR count). The Hall–Kier alpha value is -1.64. The summed E-state index contributed by atoms with van der Waals surface area (Å²) in [6, 6.07) is 7.50. The second-order valence-electron chi connectivity index (χ2n) is 2.68. The molecule has 76 valence electrons. The van der Waals surface area contributed by atoms with Gasteiger partial charge in [-0.05, 0) is 26.0 Å². The fourth-order valence-electron chi connectivity index (χ4n) is 0.931. The van der Waals surface area contributed by atoms with Crippen LogP contribution in [0.5, 0.6) is 0 Å². The van der Waals surface area contributed by atoms with Gasteiger partial charge < -0.3 is 10.1 Å². The highest BCUT2D eigenvalue weighted by molar-refractivity contribution is 5.94. The molecule has 14 heavy (non-hydrogen) atoms. The molecule has 1 aromatic carbocycles. The Morgan fingerprint density at radius 3 is 2.43 bits per heavy atom. The minimum Gasteiger partial charge on any atom is -0.355 e. The van der Waals surface area contributed by atoms with Gasteiger partial charge >= 0.3 is 0 Å². The second kappa shape index (κ2) is 6.83. The van der Waals surface area contributed by atoms with Crippen molar-refractivity contribution in [3.63, 3.8) is 0 Å². The number of rotatable bonds is 1. The average molecular weight is 193 g/mol. The number of carbonyl (C=O) groups is 2. The molecule has 0 aliphatic carbocycles. The van der Waals surface area contributed by atoms with Gasteiger partial charge in [-0.1, -0.05) is 17.7 Å². The van der Waals surface area contributed by atoms with Gasteiger partial charge in [0.25, 0.3) is 5.91 Å². The molecule has 1 aromatic rings. The van der Waals surface area contributed by atoms with Crippen LogP contribution in [0, 0.1) is 6.92 Å².